The second-order valence-corrected chi connectivity index (χ2v) is 17.5. The van der Waals surface area contributed by atoms with Crippen molar-refractivity contribution in [2.75, 3.05) is 9.80 Å². The van der Waals surface area contributed by atoms with E-state index < -0.39 is 0 Å². The zero-order valence-corrected chi connectivity index (χ0v) is 35.4. The van der Waals surface area contributed by atoms with Gasteiger partial charge >= 0.3 is 0 Å². The molecule has 3 heteroatoms. The van der Waals surface area contributed by atoms with Crippen LogP contribution in [0.1, 0.15) is 80.4 Å². The summed E-state index contributed by atoms with van der Waals surface area (Å²) in [6, 6.07) is 76.6. The summed E-state index contributed by atoms with van der Waals surface area (Å²) in [6.07, 6.45) is 11.5. The molecule has 2 saturated carbocycles. The number of benzene rings is 8. The van der Waals surface area contributed by atoms with Gasteiger partial charge in [0.25, 0.3) is 0 Å². The number of hydrogen-bond donors (Lipinski definition) is 0. The molecule has 1 heterocycles. The molecule has 1 aromatic heterocycles. The quantitative estimate of drug-likeness (QED) is 0.136. The lowest BCUT2D eigenvalue weighted by atomic mass is 9.73. The van der Waals surface area contributed by atoms with E-state index in [0.29, 0.717) is 5.92 Å². The van der Waals surface area contributed by atoms with Crippen molar-refractivity contribution in [3.8, 4) is 5.69 Å². The molecule has 0 saturated heterocycles. The van der Waals surface area contributed by atoms with Crippen LogP contribution >= 0.6 is 0 Å². The largest absolute Gasteiger partial charge is 0.311 e. The zero-order chi connectivity index (χ0) is 41.3. The summed E-state index contributed by atoms with van der Waals surface area (Å²) < 4.78 is 2.41. The number of aromatic nitrogens is 1. The van der Waals surface area contributed by atoms with Gasteiger partial charge in [-0.25, -0.2) is 0 Å². The number of hydrogen-bond acceptors (Lipinski definition) is 2. The van der Waals surface area contributed by atoms with Gasteiger partial charge in [0.1, 0.15) is 0 Å². The third-order valence-electron chi connectivity index (χ3n) is 14.0. The maximum Gasteiger partial charge on any atom is 0.0562 e. The smallest absolute Gasteiger partial charge is 0.0562 e. The molecule has 0 radical (unpaired) electrons. The Hall–Kier alpha value is -6.84. The Morgan fingerprint density at radius 3 is 1.48 bits per heavy atom. The predicted molar refractivity (Wildman–Crippen MR) is 262 cm³/mol. The van der Waals surface area contributed by atoms with Gasteiger partial charge in [-0.3, -0.25) is 0 Å². The van der Waals surface area contributed by atoms with Crippen molar-refractivity contribution in [1.29, 1.82) is 0 Å². The van der Waals surface area contributed by atoms with Crippen molar-refractivity contribution >= 4 is 55.9 Å². The SMILES string of the molecule is c1ccc(N(c2ccc(C3CCCCC3)cc2)c2ccc(C3(c4ccc(N(c5ccccc5)c5cccc6c5c5ccccc5n6-c5ccccc5)cc4)CCCC3)cc2)cc1. The summed E-state index contributed by atoms with van der Waals surface area (Å²) >= 11 is 0. The first kappa shape index (κ1) is 38.1. The highest BCUT2D eigenvalue weighted by atomic mass is 15.2. The van der Waals surface area contributed by atoms with Crippen LogP contribution in [0.4, 0.5) is 34.1 Å². The van der Waals surface area contributed by atoms with Gasteiger partial charge in [-0.2, -0.15) is 0 Å². The highest BCUT2D eigenvalue weighted by Gasteiger charge is 2.37. The van der Waals surface area contributed by atoms with Crippen LogP contribution in [0.3, 0.4) is 0 Å². The monoisotopic (exact) mass is 803 g/mol. The summed E-state index contributed by atoms with van der Waals surface area (Å²) in [6.45, 7) is 0. The minimum Gasteiger partial charge on any atom is -0.311 e. The molecular weight excluding hydrogens is 751 g/mol. The lowest BCUT2D eigenvalue weighted by molar-refractivity contribution is 0.443. The van der Waals surface area contributed by atoms with Crippen LogP contribution in [0.25, 0.3) is 27.5 Å². The van der Waals surface area contributed by atoms with Crippen LogP contribution in [-0.2, 0) is 5.41 Å². The molecule has 8 aromatic carbocycles. The highest BCUT2D eigenvalue weighted by molar-refractivity contribution is 6.16. The van der Waals surface area contributed by atoms with Crippen LogP contribution in [0.2, 0.25) is 0 Å². The lowest BCUT2D eigenvalue weighted by Gasteiger charge is -2.33. The van der Waals surface area contributed by atoms with Gasteiger partial charge in [-0.05, 0) is 139 Å². The van der Waals surface area contributed by atoms with Crippen LogP contribution in [0.5, 0.6) is 0 Å². The average Bonchev–Trinajstić information content (AvgIpc) is 3.99. The Bertz CT molecular complexity index is 2900. The van der Waals surface area contributed by atoms with Gasteiger partial charge in [0.15, 0.2) is 0 Å². The molecule has 0 amide bonds. The molecule has 0 aliphatic heterocycles. The molecular formula is C59H53N3. The van der Waals surface area contributed by atoms with Crippen molar-refractivity contribution < 1.29 is 0 Å². The van der Waals surface area contributed by atoms with Gasteiger partial charge in [-0.1, -0.05) is 147 Å². The molecule has 0 spiro atoms. The topological polar surface area (TPSA) is 11.4 Å². The molecule has 0 atom stereocenters. The third-order valence-corrected chi connectivity index (χ3v) is 14.0. The molecule has 11 rings (SSSR count). The Labute approximate surface area is 366 Å². The van der Waals surface area contributed by atoms with E-state index in [-0.39, 0.29) is 5.41 Å². The number of anilines is 6. The molecule has 2 aliphatic rings. The predicted octanol–water partition coefficient (Wildman–Crippen LogP) is 16.6. The lowest BCUT2D eigenvalue weighted by Crippen LogP contribution is -2.24. The molecule has 62 heavy (non-hydrogen) atoms. The fourth-order valence-corrected chi connectivity index (χ4v) is 11.0. The van der Waals surface area contributed by atoms with Gasteiger partial charge in [0, 0.05) is 50.3 Å². The van der Waals surface area contributed by atoms with Crippen molar-refractivity contribution in [1.82, 2.24) is 4.57 Å². The second kappa shape index (κ2) is 16.6. The zero-order valence-electron chi connectivity index (χ0n) is 35.4. The Balaban J connectivity index is 0.960. The maximum absolute atomic E-state index is 2.45. The van der Waals surface area contributed by atoms with Crippen molar-refractivity contribution in [2.24, 2.45) is 0 Å². The number of fused-ring (bicyclic) bond motifs is 3. The molecule has 9 aromatic rings. The standard InChI is InChI=1S/C59H53N3/c1-5-18-44(19-6-1)45-30-36-51(37-31-45)60(48-20-7-2-8-21-48)52-38-32-46(33-39-52)59(42-15-16-43-59)47-34-40-53(41-35-47)61(49-22-9-3-10-23-49)56-28-17-29-57-58(56)54-26-13-14-27-55(54)62(57)50-24-11-4-12-25-50/h2-4,7-14,17,20-41,44H,1,5-6,15-16,18-19,42-43H2. The van der Waals surface area contributed by atoms with Gasteiger partial charge < -0.3 is 14.4 Å². The highest BCUT2D eigenvalue weighted by Crippen LogP contribution is 2.49. The van der Waals surface area contributed by atoms with E-state index in [9.17, 15) is 0 Å². The first-order valence-electron chi connectivity index (χ1n) is 22.8. The molecule has 0 unspecified atom stereocenters. The van der Waals surface area contributed by atoms with E-state index in [0.717, 1.165) is 29.9 Å². The first-order chi connectivity index (χ1) is 30.7. The van der Waals surface area contributed by atoms with Crippen molar-refractivity contribution in [2.45, 2.75) is 69.1 Å². The first-order valence-corrected chi connectivity index (χ1v) is 22.8. The maximum atomic E-state index is 2.45. The van der Waals surface area contributed by atoms with Crippen LogP contribution in [0.15, 0.2) is 206 Å². The number of nitrogens with zero attached hydrogens (tertiary/aromatic N) is 3. The number of rotatable bonds is 10. The fourth-order valence-electron chi connectivity index (χ4n) is 11.0. The Kier molecular flexibility index (Phi) is 10.2. The number of para-hydroxylation sites is 4. The Morgan fingerprint density at radius 2 is 0.871 bits per heavy atom. The molecule has 2 aliphatic carbocycles. The van der Waals surface area contributed by atoms with E-state index in [1.165, 1.54) is 106 Å². The molecule has 0 bridgehead atoms. The van der Waals surface area contributed by atoms with E-state index >= 15 is 0 Å². The normalized spacial score (nSPS) is 15.2. The van der Waals surface area contributed by atoms with Gasteiger partial charge in [-0.15, -0.1) is 0 Å². The average molecular weight is 804 g/mol. The van der Waals surface area contributed by atoms with Crippen molar-refractivity contribution in [3.05, 3.63) is 223 Å². The van der Waals surface area contributed by atoms with E-state index in [2.05, 4.69) is 221 Å². The molecule has 304 valence electrons. The van der Waals surface area contributed by atoms with E-state index in [1.54, 1.807) is 0 Å². The molecule has 0 N–H and O–H groups in total. The van der Waals surface area contributed by atoms with Crippen LogP contribution in [-0.4, -0.2) is 4.57 Å². The molecule has 3 nitrogen and oxygen atoms in total. The van der Waals surface area contributed by atoms with Crippen LogP contribution in [0, 0.1) is 0 Å². The fraction of sp³-hybridized carbons (Fsp3) is 0.186. The Morgan fingerprint density at radius 1 is 0.387 bits per heavy atom. The summed E-state index contributed by atoms with van der Waals surface area (Å²) in [4.78, 5) is 4.87. The van der Waals surface area contributed by atoms with Crippen molar-refractivity contribution in [3.63, 3.8) is 0 Å². The minimum atomic E-state index is -0.0308. The summed E-state index contributed by atoms with van der Waals surface area (Å²) in [5, 5.41) is 2.49. The van der Waals surface area contributed by atoms with E-state index in [1.807, 2.05) is 0 Å². The summed E-state index contributed by atoms with van der Waals surface area (Å²) in [7, 11) is 0. The summed E-state index contributed by atoms with van der Waals surface area (Å²) in [5.41, 5.74) is 14.9. The molecule has 2 fully saturated rings. The van der Waals surface area contributed by atoms with Gasteiger partial charge in [0.05, 0.1) is 16.7 Å². The second-order valence-electron chi connectivity index (χ2n) is 17.5. The summed E-state index contributed by atoms with van der Waals surface area (Å²) in [5.74, 6) is 0.697. The third kappa shape index (κ3) is 6.86. The minimum absolute atomic E-state index is 0.0308. The van der Waals surface area contributed by atoms with Gasteiger partial charge in [0.2, 0.25) is 0 Å². The van der Waals surface area contributed by atoms with Crippen LogP contribution < -0.4 is 9.80 Å². The van der Waals surface area contributed by atoms with E-state index in [4.69, 9.17) is 0 Å².